The summed E-state index contributed by atoms with van der Waals surface area (Å²) in [7, 11) is 0. The van der Waals surface area contributed by atoms with Gasteiger partial charge < -0.3 is 14.0 Å². The largest absolute Gasteiger partial charge is 0.338 e. The van der Waals surface area contributed by atoms with Crippen molar-refractivity contribution in [3.63, 3.8) is 0 Å². The molecule has 1 amide bonds. The third-order valence-corrected chi connectivity index (χ3v) is 6.65. The molecule has 30 heavy (non-hydrogen) atoms. The summed E-state index contributed by atoms with van der Waals surface area (Å²) in [5.74, 6) is 0.451. The maximum atomic E-state index is 13.7. The van der Waals surface area contributed by atoms with E-state index in [9.17, 15) is 9.59 Å². The number of hydrogen-bond acceptors (Lipinski definition) is 5. The van der Waals surface area contributed by atoms with Crippen LogP contribution in [-0.2, 0) is 0 Å². The molecule has 1 saturated heterocycles. The fourth-order valence-corrected chi connectivity index (χ4v) is 5.43. The minimum atomic E-state index is -0.00604. The van der Waals surface area contributed by atoms with Crippen LogP contribution < -0.4 is 5.56 Å². The number of carbonyl (C=O) groups excluding carboxylic acids is 1. The van der Waals surface area contributed by atoms with E-state index >= 15 is 0 Å². The number of carbonyl (C=O) groups is 1. The molecule has 2 aliphatic rings. The molecule has 1 fully saturated rings. The van der Waals surface area contributed by atoms with E-state index in [1.54, 1.807) is 6.07 Å². The van der Waals surface area contributed by atoms with E-state index in [-0.39, 0.29) is 29.3 Å². The van der Waals surface area contributed by atoms with Gasteiger partial charge in [0.15, 0.2) is 0 Å². The van der Waals surface area contributed by atoms with Crippen molar-refractivity contribution in [3.8, 4) is 0 Å². The van der Waals surface area contributed by atoms with Gasteiger partial charge in [0.25, 0.3) is 17.2 Å². The normalized spacial score (nSPS) is 22.9. The molecular formula is C23H26N4O3. The van der Waals surface area contributed by atoms with Crippen molar-refractivity contribution in [2.24, 2.45) is 5.92 Å². The van der Waals surface area contributed by atoms with Crippen LogP contribution in [0.15, 0.2) is 33.6 Å². The Hall–Kier alpha value is -2.96. The first-order valence-electron chi connectivity index (χ1n) is 10.7. The zero-order valence-corrected chi connectivity index (χ0v) is 17.6. The van der Waals surface area contributed by atoms with Gasteiger partial charge in [-0.3, -0.25) is 9.59 Å². The molecule has 7 heteroatoms. The smallest absolute Gasteiger partial charge is 0.258 e. The number of pyridine rings is 2. The number of likely N-dealkylation sites (tertiary alicyclic amines) is 1. The Morgan fingerprint density at radius 1 is 1.27 bits per heavy atom. The standard InChI is InChI=1S/C23H26N4O3/c1-4-6-18-15-10-16(19-7-5-8-20(28)27(18)19)12-26(11-15)23(29)17-9-13(2)24-22-21(17)14(3)25-30-22/h5,7-9,15-16,18H,4,6,10-12H2,1-3H3/t15-,16+,18-/m0/s1. The number of amides is 1. The lowest BCUT2D eigenvalue weighted by Gasteiger charge is -2.47. The lowest BCUT2D eigenvalue weighted by Crippen LogP contribution is -2.51. The van der Waals surface area contributed by atoms with Crippen LogP contribution in [0.1, 0.15) is 65.6 Å². The molecule has 3 aromatic rings. The van der Waals surface area contributed by atoms with E-state index in [1.807, 2.05) is 35.4 Å². The summed E-state index contributed by atoms with van der Waals surface area (Å²) in [6.07, 6.45) is 2.97. The van der Waals surface area contributed by atoms with Gasteiger partial charge in [-0.1, -0.05) is 24.6 Å². The van der Waals surface area contributed by atoms with Crippen molar-refractivity contribution in [2.45, 2.75) is 52.0 Å². The summed E-state index contributed by atoms with van der Waals surface area (Å²) in [5, 5.41) is 4.71. The second-order valence-electron chi connectivity index (χ2n) is 8.68. The molecule has 3 aromatic heterocycles. The summed E-state index contributed by atoms with van der Waals surface area (Å²) in [5.41, 5.74) is 3.57. The van der Waals surface area contributed by atoms with Gasteiger partial charge in [-0.2, -0.15) is 0 Å². The number of fused-ring (bicyclic) bond motifs is 5. The van der Waals surface area contributed by atoms with Gasteiger partial charge in [-0.15, -0.1) is 0 Å². The second kappa shape index (κ2) is 7.07. The summed E-state index contributed by atoms with van der Waals surface area (Å²) in [6, 6.07) is 7.52. The van der Waals surface area contributed by atoms with E-state index in [2.05, 4.69) is 23.1 Å². The third kappa shape index (κ3) is 2.87. The Kier molecular flexibility index (Phi) is 4.49. The molecule has 0 saturated carbocycles. The molecule has 0 radical (unpaired) electrons. The molecule has 2 aliphatic heterocycles. The highest BCUT2D eigenvalue weighted by Crippen LogP contribution is 2.43. The van der Waals surface area contributed by atoms with Crippen LogP contribution in [0.5, 0.6) is 0 Å². The average molecular weight is 406 g/mol. The Morgan fingerprint density at radius 2 is 2.10 bits per heavy atom. The van der Waals surface area contributed by atoms with Gasteiger partial charge in [0.2, 0.25) is 0 Å². The first kappa shape index (κ1) is 19.0. The number of rotatable bonds is 3. The van der Waals surface area contributed by atoms with Crippen molar-refractivity contribution >= 4 is 17.0 Å². The monoisotopic (exact) mass is 406 g/mol. The highest BCUT2D eigenvalue weighted by Gasteiger charge is 2.41. The zero-order chi connectivity index (χ0) is 21.0. The molecule has 5 rings (SSSR count). The van der Waals surface area contributed by atoms with Crippen LogP contribution in [0.3, 0.4) is 0 Å². The van der Waals surface area contributed by atoms with Gasteiger partial charge in [0, 0.05) is 42.5 Å². The summed E-state index contributed by atoms with van der Waals surface area (Å²) in [6.45, 7) is 7.12. The lowest BCUT2D eigenvalue weighted by atomic mass is 9.77. The second-order valence-corrected chi connectivity index (χ2v) is 8.68. The van der Waals surface area contributed by atoms with Crippen LogP contribution in [0.4, 0.5) is 0 Å². The Labute approximate surface area is 174 Å². The van der Waals surface area contributed by atoms with Crippen LogP contribution in [-0.4, -0.2) is 38.6 Å². The Morgan fingerprint density at radius 3 is 2.90 bits per heavy atom. The van der Waals surface area contributed by atoms with E-state index in [0.717, 1.165) is 30.7 Å². The van der Waals surface area contributed by atoms with Crippen LogP contribution in [0.25, 0.3) is 11.1 Å². The summed E-state index contributed by atoms with van der Waals surface area (Å²) >= 11 is 0. The van der Waals surface area contributed by atoms with Crippen molar-refractivity contribution < 1.29 is 9.32 Å². The molecule has 156 valence electrons. The minimum Gasteiger partial charge on any atom is -0.338 e. The zero-order valence-electron chi connectivity index (χ0n) is 17.6. The predicted molar refractivity (Wildman–Crippen MR) is 113 cm³/mol. The van der Waals surface area contributed by atoms with Crippen LogP contribution >= 0.6 is 0 Å². The van der Waals surface area contributed by atoms with E-state index in [0.29, 0.717) is 35.4 Å². The van der Waals surface area contributed by atoms with Crippen molar-refractivity contribution in [1.82, 2.24) is 19.6 Å². The SMILES string of the molecule is CCC[C@H]1[C@H]2C[C@H](CN(C(=O)c3cc(C)nc4onc(C)c34)C2)c2cccc(=O)n21. The number of piperidine rings is 1. The van der Waals surface area contributed by atoms with Crippen LogP contribution in [0.2, 0.25) is 0 Å². The first-order valence-corrected chi connectivity index (χ1v) is 10.7. The Bertz CT molecular complexity index is 1190. The highest BCUT2D eigenvalue weighted by atomic mass is 16.5. The Balaban J connectivity index is 1.56. The third-order valence-electron chi connectivity index (χ3n) is 6.65. The summed E-state index contributed by atoms with van der Waals surface area (Å²) in [4.78, 5) is 32.7. The fourth-order valence-electron chi connectivity index (χ4n) is 5.43. The number of aryl methyl sites for hydroxylation is 2. The lowest BCUT2D eigenvalue weighted by molar-refractivity contribution is 0.0520. The molecule has 7 nitrogen and oxygen atoms in total. The topological polar surface area (TPSA) is 81.2 Å². The summed E-state index contributed by atoms with van der Waals surface area (Å²) < 4.78 is 7.32. The number of hydrogen-bond donors (Lipinski definition) is 0. The predicted octanol–water partition coefficient (Wildman–Crippen LogP) is 3.60. The molecule has 0 aromatic carbocycles. The maximum absolute atomic E-state index is 13.7. The van der Waals surface area contributed by atoms with E-state index < -0.39 is 0 Å². The quantitative estimate of drug-likeness (QED) is 0.664. The van der Waals surface area contributed by atoms with Gasteiger partial charge >= 0.3 is 0 Å². The average Bonchev–Trinajstić information content (AvgIpc) is 3.10. The molecule has 5 heterocycles. The van der Waals surface area contributed by atoms with E-state index in [4.69, 9.17) is 4.52 Å². The highest BCUT2D eigenvalue weighted by molar-refractivity contribution is 6.06. The van der Waals surface area contributed by atoms with Gasteiger partial charge in [0.05, 0.1) is 16.6 Å². The number of aromatic nitrogens is 3. The van der Waals surface area contributed by atoms with Crippen molar-refractivity contribution in [3.05, 3.63) is 57.3 Å². The molecule has 2 bridgehead atoms. The molecule has 0 N–H and O–H groups in total. The maximum Gasteiger partial charge on any atom is 0.258 e. The first-order chi connectivity index (χ1) is 14.5. The minimum absolute atomic E-state index is 0.00604. The molecular weight excluding hydrogens is 380 g/mol. The van der Waals surface area contributed by atoms with Gasteiger partial charge in [-0.25, -0.2) is 4.98 Å². The molecule has 0 aliphatic carbocycles. The van der Waals surface area contributed by atoms with Crippen molar-refractivity contribution in [2.75, 3.05) is 13.1 Å². The van der Waals surface area contributed by atoms with Crippen molar-refractivity contribution in [1.29, 1.82) is 0 Å². The molecule has 3 atom stereocenters. The molecule has 0 spiro atoms. The van der Waals surface area contributed by atoms with Gasteiger partial charge in [0.1, 0.15) is 0 Å². The number of nitrogens with zero attached hydrogens (tertiary/aromatic N) is 4. The van der Waals surface area contributed by atoms with Gasteiger partial charge in [-0.05, 0) is 44.7 Å². The fraction of sp³-hybridized carbons (Fsp3) is 0.478. The van der Waals surface area contributed by atoms with E-state index in [1.165, 1.54) is 0 Å². The van der Waals surface area contributed by atoms with Crippen LogP contribution in [0, 0.1) is 19.8 Å². The molecule has 0 unspecified atom stereocenters.